The van der Waals surface area contributed by atoms with Gasteiger partial charge < -0.3 is 9.80 Å². The summed E-state index contributed by atoms with van der Waals surface area (Å²) in [7, 11) is 0. The van der Waals surface area contributed by atoms with Gasteiger partial charge in [-0.1, -0.05) is 127 Å². The molecule has 0 amide bonds. The van der Waals surface area contributed by atoms with Gasteiger partial charge in [0, 0.05) is 29.4 Å². The zero-order valence-electron chi connectivity index (χ0n) is 21.9. The van der Waals surface area contributed by atoms with E-state index in [-0.39, 0.29) is 5.92 Å². The maximum Gasteiger partial charge on any atom is 0.0889 e. The summed E-state index contributed by atoms with van der Waals surface area (Å²) >= 11 is 0. The molecule has 2 heteroatoms. The van der Waals surface area contributed by atoms with Gasteiger partial charge in [0.15, 0.2) is 0 Å². The lowest BCUT2D eigenvalue weighted by Gasteiger charge is -2.32. The summed E-state index contributed by atoms with van der Waals surface area (Å²) in [5, 5.41) is 0. The monoisotopic (exact) mass is 504 g/mol. The van der Waals surface area contributed by atoms with Crippen LogP contribution in [0.4, 0.5) is 5.69 Å². The normalized spacial score (nSPS) is 37.6. The number of rotatable bonds is 3. The number of hydrogen-bond acceptors (Lipinski definition) is 2. The van der Waals surface area contributed by atoms with Crippen molar-refractivity contribution >= 4 is 5.69 Å². The first kappa shape index (κ1) is 22.7. The topological polar surface area (TPSA) is 6.48 Å². The average Bonchev–Trinajstić information content (AvgIpc) is 3.39. The van der Waals surface area contributed by atoms with Gasteiger partial charge in [0.1, 0.15) is 0 Å². The largest absolute Gasteiger partial charge is 0.357 e. The first-order valence-corrected chi connectivity index (χ1v) is 14.3. The van der Waals surface area contributed by atoms with Gasteiger partial charge in [0.2, 0.25) is 0 Å². The number of likely N-dealkylation sites (tertiary alicyclic amines) is 1. The molecule has 0 radical (unpaired) electrons. The van der Waals surface area contributed by atoms with E-state index < -0.39 is 0 Å². The van der Waals surface area contributed by atoms with E-state index in [1.54, 1.807) is 0 Å². The third kappa shape index (κ3) is 3.64. The van der Waals surface area contributed by atoms with E-state index in [0.717, 1.165) is 5.70 Å². The molecule has 2 saturated heterocycles. The van der Waals surface area contributed by atoms with Crippen LogP contribution in [0.15, 0.2) is 145 Å². The molecule has 1 aromatic rings. The molecular weight excluding hydrogens is 472 g/mol. The molecule has 8 rings (SSSR count). The Hall–Kier alpha value is -4.22. The molecule has 2 aliphatic heterocycles. The smallest absolute Gasteiger partial charge is 0.0889 e. The summed E-state index contributed by atoms with van der Waals surface area (Å²) in [6, 6.07) is 10.5. The third-order valence-corrected chi connectivity index (χ3v) is 9.48. The lowest BCUT2D eigenvalue weighted by molar-refractivity contribution is 0.315. The van der Waals surface area contributed by atoms with Crippen LogP contribution in [-0.2, 0) is 0 Å². The van der Waals surface area contributed by atoms with Crippen molar-refractivity contribution in [3.8, 4) is 11.8 Å². The van der Waals surface area contributed by atoms with Crippen LogP contribution in [0.2, 0.25) is 0 Å². The number of nitrogens with zero attached hydrogens (tertiary/aromatic N) is 2. The molecule has 0 N–H and O–H groups in total. The summed E-state index contributed by atoms with van der Waals surface area (Å²) < 4.78 is 0. The first-order valence-electron chi connectivity index (χ1n) is 14.3. The highest BCUT2D eigenvalue weighted by Gasteiger charge is 2.47. The van der Waals surface area contributed by atoms with E-state index in [1.807, 2.05) is 0 Å². The molecule has 190 valence electrons. The van der Waals surface area contributed by atoms with E-state index in [1.165, 1.54) is 11.3 Å². The zero-order valence-corrected chi connectivity index (χ0v) is 21.9. The number of anilines is 1. The molecule has 9 unspecified atom stereocenters. The molecule has 0 bridgehead atoms. The van der Waals surface area contributed by atoms with E-state index in [0.29, 0.717) is 47.8 Å². The minimum absolute atomic E-state index is 0.0641. The fourth-order valence-electron chi connectivity index (χ4n) is 7.77. The van der Waals surface area contributed by atoms with Crippen LogP contribution in [0, 0.1) is 35.5 Å². The Morgan fingerprint density at radius 1 is 0.513 bits per heavy atom. The lowest BCUT2D eigenvalue weighted by atomic mass is 9.83. The molecule has 5 aliphatic carbocycles. The Bertz CT molecular complexity index is 1470. The van der Waals surface area contributed by atoms with Crippen molar-refractivity contribution in [2.75, 3.05) is 4.90 Å². The number of benzene rings is 1. The van der Waals surface area contributed by atoms with E-state index in [9.17, 15) is 0 Å². The van der Waals surface area contributed by atoms with Gasteiger partial charge in [-0.05, 0) is 29.7 Å². The van der Waals surface area contributed by atoms with Crippen molar-refractivity contribution in [1.29, 1.82) is 0 Å². The van der Waals surface area contributed by atoms with Crippen molar-refractivity contribution in [3.63, 3.8) is 0 Å². The minimum Gasteiger partial charge on any atom is -0.357 e. The van der Waals surface area contributed by atoms with Crippen LogP contribution in [0.5, 0.6) is 0 Å². The Morgan fingerprint density at radius 3 is 1.59 bits per heavy atom. The Labute approximate surface area is 231 Å². The maximum atomic E-state index is 3.65. The molecule has 0 spiro atoms. The molecule has 0 saturated carbocycles. The summed E-state index contributed by atoms with van der Waals surface area (Å²) in [4.78, 5) is 5.16. The Kier molecular flexibility index (Phi) is 5.37. The molecular formula is C37H32N2. The van der Waals surface area contributed by atoms with E-state index >= 15 is 0 Å². The molecule has 1 aromatic carbocycles. The van der Waals surface area contributed by atoms with Crippen molar-refractivity contribution < 1.29 is 0 Å². The van der Waals surface area contributed by atoms with Crippen LogP contribution in [0.25, 0.3) is 0 Å². The summed E-state index contributed by atoms with van der Waals surface area (Å²) in [5.41, 5.74) is 3.66. The summed E-state index contributed by atoms with van der Waals surface area (Å²) in [6.45, 7) is 0. The second-order valence-electron chi connectivity index (χ2n) is 11.4. The van der Waals surface area contributed by atoms with Gasteiger partial charge in [0.05, 0.1) is 35.8 Å². The maximum absolute atomic E-state index is 3.65. The molecule has 2 nitrogen and oxygen atoms in total. The van der Waals surface area contributed by atoms with Gasteiger partial charge in [-0.25, -0.2) is 0 Å². The molecule has 2 fully saturated rings. The average molecular weight is 505 g/mol. The Morgan fingerprint density at radius 2 is 1.03 bits per heavy atom. The number of fused-ring (bicyclic) bond motifs is 6. The number of allylic oxidation sites excluding steroid dienone is 12. The van der Waals surface area contributed by atoms with Gasteiger partial charge >= 0.3 is 0 Å². The van der Waals surface area contributed by atoms with Gasteiger partial charge in [0.25, 0.3) is 0 Å². The van der Waals surface area contributed by atoms with Crippen LogP contribution in [0.1, 0.15) is 11.5 Å². The van der Waals surface area contributed by atoms with Crippen LogP contribution < -0.4 is 4.90 Å². The number of hydrogen-bond donors (Lipinski definition) is 0. The van der Waals surface area contributed by atoms with E-state index in [2.05, 4.69) is 161 Å². The molecule has 2 heterocycles. The fourth-order valence-corrected chi connectivity index (χ4v) is 7.77. The standard InChI is InChI=1S/C37H32N2/c1-5-19-34-30(15-1)31-16-2-6-20-35(31)38(34)28-13-9-11-26(23-24-28)27-12-10-14-29(25-27)39-36-21-7-3-17-32(36)33-18-4-8-22-37(33)39/h1-22,25-26,30-37H. The second-order valence-corrected chi connectivity index (χ2v) is 11.4. The second kappa shape index (κ2) is 9.21. The van der Waals surface area contributed by atoms with Crippen molar-refractivity contribution in [1.82, 2.24) is 4.90 Å². The first-order chi connectivity index (χ1) is 19.4. The molecule has 39 heavy (non-hydrogen) atoms. The quantitative estimate of drug-likeness (QED) is 0.418. The SMILES string of the molecule is C1#CC(c2cccc(N3C4C=CC=CC4C4C=CC=CC43)c2)C=CC=C1N1C2C=CC=CC2C2C=CC=CC21. The van der Waals surface area contributed by atoms with Gasteiger partial charge in [-0.3, -0.25) is 0 Å². The lowest BCUT2D eigenvalue weighted by Crippen LogP contribution is -2.36. The van der Waals surface area contributed by atoms with Crippen molar-refractivity contribution in [2.45, 2.75) is 30.1 Å². The third-order valence-electron chi connectivity index (χ3n) is 9.48. The fraction of sp³-hybridized carbons (Fsp3) is 0.243. The van der Waals surface area contributed by atoms with Gasteiger partial charge in [-0.2, -0.15) is 0 Å². The van der Waals surface area contributed by atoms with Gasteiger partial charge in [-0.15, -0.1) is 0 Å². The van der Waals surface area contributed by atoms with Crippen molar-refractivity contribution in [3.05, 3.63) is 151 Å². The minimum atomic E-state index is 0.0641. The Balaban J connectivity index is 1.10. The molecule has 7 aliphatic rings. The predicted molar refractivity (Wildman–Crippen MR) is 161 cm³/mol. The molecule has 0 aromatic heterocycles. The zero-order chi connectivity index (χ0) is 25.8. The summed E-state index contributed by atoms with van der Waals surface area (Å²) in [6.07, 6.45) is 43.3. The van der Waals surface area contributed by atoms with Crippen LogP contribution in [0.3, 0.4) is 0 Å². The highest BCUT2D eigenvalue weighted by molar-refractivity contribution is 5.59. The van der Waals surface area contributed by atoms with E-state index in [4.69, 9.17) is 0 Å². The predicted octanol–water partition coefficient (Wildman–Crippen LogP) is 6.81. The highest BCUT2D eigenvalue weighted by atomic mass is 15.2. The molecule has 9 atom stereocenters. The highest BCUT2D eigenvalue weighted by Crippen LogP contribution is 2.45. The van der Waals surface area contributed by atoms with Crippen LogP contribution >= 0.6 is 0 Å². The summed E-state index contributed by atoms with van der Waals surface area (Å²) in [5.74, 6) is 9.33. The van der Waals surface area contributed by atoms with Crippen molar-refractivity contribution in [2.24, 2.45) is 23.7 Å². The van der Waals surface area contributed by atoms with Crippen LogP contribution in [-0.4, -0.2) is 29.1 Å².